The topological polar surface area (TPSA) is 45.2 Å². The molecule has 1 unspecified atom stereocenters. The van der Waals surface area contributed by atoms with Gasteiger partial charge in [0.2, 0.25) is 0 Å². The Hall–Kier alpha value is -0.500. The zero-order chi connectivity index (χ0) is 17.2. The molecule has 6 heteroatoms. The fraction of sp³-hybridized carbons (Fsp3) is 0.778. The second-order valence-corrected chi connectivity index (χ2v) is 7.89. The number of thiophene rings is 1. The summed E-state index contributed by atoms with van der Waals surface area (Å²) in [6, 6.07) is 4.25. The van der Waals surface area contributed by atoms with Crippen molar-refractivity contribution in [2.75, 3.05) is 59.2 Å². The van der Waals surface area contributed by atoms with Crippen LogP contribution in [0.5, 0.6) is 0 Å². The maximum absolute atomic E-state index is 10.3. The average molecular weight is 357 g/mol. The smallest absolute Gasteiger partial charge is 0.0900 e. The lowest BCUT2D eigenvalue weighted by atomic mass is 10.2. The second-order valence-electron chi connectivity index (χ2n) is 6.85. The number of aliphatic hydroxyl groups excluding tert-OH is 1. The third kappa shape index (κ3) is 8.05. The van der Waals surface area contributed by atoms with Gasteiger partial charge in [0, 0.05) is 50.8 Å². The van der Waals surface area contributed by atoms with E-state index in [-0.39, 0.29) is 0 Å². The van der Waals surface area contributed by atoms with Crippen molar-refractivity contribution in [2.24, 2.45) is 5.92 Å². The molecule has 138 valence electrons. The van der Waals surface area contributed by atoms with Crippen LogP contribution in [0.3, 0.4) is 0 Å². The summed E-state index contributed by atoms with van der Waals surface area (Å²) in [6.45, 7) is 12.6. The highest BCUT2D eigenvalue weighted by atomic mass is 32.1. The quantitative estimate of drug-likeness (QED) is 0.656. The summed E-state index contributed by atoms with van der Waals surface area (Å²) in [5.74, 6) is 0.501. The second kappa shape index (κ2) is 11.2. The Morgan fingerprint density at radius 2 is 2.12 bits per heavy atom. The van der Waals surface area contributed by atoms with Gasteiger partial charge in [-0.25, -0.2) is 0 Å². The zero-order valence-corrected chi connectivity index (χ0v) is 15.8. The molecule has 1 atom stereocenters. The van der Waals surface area contributed by atoms with Gasteiger partial charge in [0.05, 0.1) is 25.9 Å². The Balaban J connectivity index is 1.77. The van der Waals surface area contributed by atoms with Crippen LogP contribution in [0.4, 0.5) is 0 Å². The fourth-order valence-corrected chi connectivity index (χ4v) is 3.50. The van der Waals surface area contributed by atoms with E-state index in [1.54, 1.807) is 11.3 Å². The van der Waals surface area contributed by atoms with Gasteiger partial charge in [0.15, 0.2) is 0 Å². The third-order valence-electron chi connectivity index (χ3n) is 4.03. The summed E-state index contributed by atoms with van der Waals surface area (Å²) in [6.07, 6.45) is -0.437. The molecule has 0 saturated carbocycles. The molecule has 5 nitrogen and oxygen atoms in total. The molecule has 2 rings (SSSR count). The molecule has 1 aliphatic rings. The molecule has 0 aromatic carbocycles. The van der Waals surface area contributed by atoms with Crippen molar-refractivity contribution in [2.45, 2.75) is 26.5 Å². The Morgan fingerprint density at radius 3 is 2.79 bits per heavy atom. The fourth-order valence-electron chi connectivity index (χ4n) is 2.76. The highest BCUT2D eigenvalue weighted by Gasteiger charge is 2.16. The van der Waals surface area contributed by atoms with Crippen LogP contribution in [-0.2, 0) is 16.0 Å². The summed E-state index contributed by atoms with van der Waals surface area (Å²) in [5, 5.41) is 12.4. The number of ether oxygens (including phenoxy) is 2. The van der Waals surface area contributed by atoms with Crippen molar-refractivity contribution in [3.05, 3.63) is 22.4 Å². The SMILES string of the molecule is CC(C)COCC(O)CN(CCN1CCOCC1)Cc1cccs1. The lowest BCUT2D eigenvalue weighted by Crippen LogP contribution is -2.43. The Labute approximate surface area is 150 Å². The van der Waals surface area contributed by atoms with Gasteiger partial charge >= 0.3 is 0 Å². The third-order valence-corrected chi connectivity index (χ3v) is 4.89. The number of aliphatic hydroxyl groups is 1. The highest BCUT2D eigenvalue weighted by Crippen LogP contribution is 2.12. The molecule has 0 amide bonds. The molecule has 1 N–H and O–H groups in total. The van der Waals surface area contributed by atoms with Crippen LogP contribution in [0, 0.1) is 5.92 Å². The molecule has 1 aromatic heterocycles. The van der Waals surface area contributed by atoms with Crippen molar-refractivity contribution >= 4 is 11.3 Å². The van der Waals surface area contributed by atoms with Crippen molar-refractivity contribution in [3.8, 4) is 0 Å². The van der Waals surface area contributed by atoms with Gasteiger partial charge < -0.3 is 14.6 Å². The average Bonchev–Trinajstić information content (AvgIpc) is 3.06. The molecule has 1 aromatic rings. The molecule has 2 heterocycles. The normalized spacial score (nSPS) is 17.7. The Kier molecular flexibility index (Phi) is 9.23. The van der Waals surface area contributed by atoms with Gasteiger partial charge in [-0.2, -0.15) is 0 Å². The van der Waals surface area contributed by atoms with E-state index in [9.17, 15) is 5.11 Å². The van der Waals surface area contributed by atoms with E-state index < -0.39 is 6.10 Å². The predicted octanol–water partition coefficient (Wildman–Crippen LogP) is 1.92. The van der Waals surface area contributed by atoms with Gasteiger partial charge in [-0.1, -0.05) is 19.9 Å². The minimum Gasteiger partial charge on any atom is -0.389 e. The van der Waals surface area contributed by atoms with Crippen LogP contribution < -0.4 is 0 Å². The number of rotatable bonds is 11. The summed E-state index contributed by atoms with van der Waals surface area (Å²) in [4.78, 5) is 6.12. The van der Waals surface area contributed by atoms with E-state index in [1.165, 1.54) is 4.88 Å². The van der Waals surface area contributed by atoms with Gasteiger partial charge in [-0.3, -0.25) is 9.80 Å². The summed E-state index contributed by atoms with van der Waals surface area (Å²) < 4.78 is 11.0. The van der Waals surface area contributed by atoms with Crippen LogP contribution in [-0.4, -0.2) is 80.2 Å². The Bertz CT molecular complexity index is 422. The maximum atomic E-state index is 10.3. The first-order valence-corrected chi connectivity index (χ1v) is 9.82. The number of hydrogen-bond donors (Lipinski definition) is 1. The number of hydrogen-bond acceptors (Lipinski definition) is 6. The van der Waals surface area contributed by atoms with Crippen LogP contribution in [0.25, 0.3) is 0 Å². The molecule has 1 fully saturated rings. The molecule has 1 aliphatic heterocycles. The van der Waals surface area contributed by atoms with Crippen LogP contribution in [0.2, 0.25) is 0 Å². The lowest BCUT2D eigenvalue weighted by molar-refractivity contribution is 0.00112. The first-order valence-electron chi connectivity index (χ1n) is 8.94. The van der Waals surface area contributed by atoms with Gasteiger partial charge in [-0.05, 0) is 17.4 Å². The van der Waals surface area contributed by atoms with E-state index in [4.69, 9.17) is 9.47 Å². The molecule has 1 saturated heterocycles. The molecular weight excluding hydrogens is 324 g/mol. The van der Waals surface area contributed by atoms with Crippen molar-refractivity contribution in [3.63, 3.8) is 0 Å². The van der Waals surface area contributed by atoms with E-state index in [1.807, 2.05) is 0 Å². The zero-order valence-electron chi connectivity index (χ0n) is 15.0. The van der Waals surface area contributed by atoms with Crippen molar-refractivity contribution in [1.82, 2.24) is 9.80 Å². The van der Waals surface area contributed by atoms with Crippen LogP contribution in [0.1, 0.15) is 18.7 Å². The van der Waals surface area contributed by atoms with Gasteiger partial charge in [-0.15, -0.1) is 11.3 Å². The van der Waals surface area contributed by atoms with Crippen molar-refractivity contribution in [1.29, 1.82) is 0 Å². The first-order chi connectivity index (χ1) is 11.6. The standard InChI is InChI=1S/C18H32N2O3S/c1-16(2)14-23-15-17(21)12-20(13-18-4-3-11-24-18)6-5-19-7-9-22-10-8-19/h3-4,11,16-17,21H,5-10,12-15H2,1-2H3. The minimum atomic E-state index is -0.437. The Morgan fingerprint density at radius 1 is 1.33 bits per heavy atom. The first kappa shape index (κ1) is 19.8. The number of nitrogens with zero attached hydrogens (tertiary/aromatic N) is 2. The largest absolute Gasteiger partial charge is 0.389 e. The van der Waals surface area contributed by atoms with Crippen LogP contribution >= 0.6 is 11.3 Å². The van der Waals surface area contributed by atoms with E-state index >= 15 is 0 Å². The summed E-state index contributed by atoms with van der Waals surface area (Å²) in [5.41, 5.74) is 0. The van der Waals surface area contributed by atoms with E-state index in [2.05, 4.69) is 41.2 Å². The molecule has 24 heavy (non-hydrogen) atoms. The van der Waals surface area contributed by atoms with E-state index in [0.717, 1.165) is 45.9 Å². The number of morpholine rings is 1. The molecule has 0 aliphatic carbocycles. The predicted molar refractivity (Wildman–Crippen MR) is 98.5 cm³/mol. The molecular formula is C18H32N2O3S. The van der Waals surface area contributed by atoms with Gasteiger partial charge in [0.1, 0.15) is 0 Å². The highest BCUT2D eigenvalue weighted by molar-refractivity contribution is 7.09. The maximum Gasteiger partial charge on any atom is 0.0900 e. The van der Waals surface area contributed by atoms with E-state index in [0.29, 0.717) is 25.7 Å². The van der Waals surface area contributed by atoms with Crippen LogP contribution in [0.15, 0.2) is 17.5 Å². The molecule has 0 spiro atoms. The lowest BCUT2D eigenvalue weighted by Gasteiger charge is -2.30. The molecule has 0 radical (unpaired) electrons. The summed E-state index contributed by atoms with van der Waals surface area (Å²) in [7, 11) is 0. The molecule has 0 bridgehead atoms. The van der Waals surface area contributed by atoms with Crippen molar-refractivity contribution < 1.29 is 14.6 Å². The van der Waals surface area contributed by atoms with Gasteiger partial charge in [0.25, 0.3) is 0 Å². The minimum absolute atomic E-state index is 0.413. The summed E-state index contributed by atoms with van der Waals surface area (Å²) >= 11 is 1.77. The monoisotopic (exact) mass is 356 g/mol.